The van der Waals surface area contributed by atoms with Crippen molar-refractivity contribution in [2.24, 2.45) is 0 Å². The van der Waals surface area contributed by atoms with E-state index in [0.29, 0.717) is 11.6 Å². The molecule has 0 atom stereocenters. The molecule has 0 radical (unpaired) electrons. The summed E-state index contributed by atoms with van der Waals surface area (Å²) in [6, 6.07) is 8.49. The van der Waals surface area contributed by atoms with Gasteiger partial charge in [0.15, 0.2) is 0 Å². The quantitative estimate of drug-likeness (QED) is 0.827. The van der Waals surface area contributed by atoms with Crippen molar-refractivity contribution >= 4 is 17.3 Å². The number of aromatic nitrogens is 1. The van der Waals surface area contributed by atoms with E-state index in [4.69, 9.17) is 0 Å². The number of aryl methyl sites for hydroxylation is 2. The maximum Gasteiger partial charge on any atom is 0.253 e. The lowest BCUT2D eigenvalue weighted by atomic mass is 9.95. The zero-order valence-corrected chi connectivity index (χ0v) is 15.1. The zero-order valence-electron chi connectivity index (χ0n) is 15.1. The number of nitrogens with zero attached hydrogens (tertiary/aromatic N) is 1. The predicted molar refractivity (Wildman–Crippen MR) is 102 cm³/mol. The number of pyridine rings is 1. The number of carbonyl (C=O) groups is 1. The number of anilines is 2. The molecular weight excluding hydrogens is 310 g/mol. The molecule has 1 amide bonds. The van der Waals surface area contributed by atoms with Crippen LogP contribution in [0, 0.1) is 6.92 Å². The number of hydrogen-bond acceptors (Lipinski definition) is 3. The summed E-state index contributed by atoms with van der Waals surface area (Å²) in [7, 11) is 0. The number of rotatable bonds is 5. The van der Waals surface area contributed by atoms with Crippen LogP contribution in [0.3, 0.4) is 0 Å². The molecular formula is C21H27N3O. The highest BCUT2D eigenvalue weighted by Gasteiger charge is 2.17. The van der Waals surface area contributed by atoms with Crippen molar-refractivity contribution in [3.8, 4) is 0 Å². The summed E-state index contributed by atoms with van der Waals surface area (Å²) >= 11 is 0. The van der Waals surface area contributed by atoms with Gasteiger partial charge in [-0.15, -0.1) is 0 Å². The van der Waals surface area contributed by atoms with Gasteiger partial charge in [0.2, 0.25) is 0 Å². The Morgan fingerprint density at radius 3 is 2.76 bits per heavy atom. The van der Waals surface area contributed by atoms with E-state index in [-0.39, 0.29) is 5.91 Å². The average Bonchev–Trinajstić information content (AvgIpc) is 2.64. The molecule has 2 N–H and O–H groups in total. The third kappa shape index (κ3) is 4.38. The third-order valence-corrected chi connectivity index (χ3v) is 4.95. The molecule has 132 valence electrons. The normalized spacial score (nSPS) is 15.0. The molecule has 1 aliphatic rings. The van der Waals surface area contributed by atoms with Gasteiger partial charge in [-0.3, -0.25) is 9.78 Å². The van der Waals surface area contributed by atoms with Gasteiger partial charge >= 0.3 is 0 Å². The molecule has 4 heteroatoms. The van der Waals surface area contributed by atoms with Crippen molar-refractivity contribution < 1.29 is 4.79 Å². The van der Waals surface area contributed by atoms with Crippen LogP contribution < -0.4 is 10.6 Å². The first-order chi connectivity index (χ1) is 12.2. The molecule has 25 heavy (non-hydrogen) atoms. The number of carbonyl (C=O) groups excluding carboxylic acids is 1. The fourth-order valence-corrected chi connectivity index (χ4v) is 3.49. The van der Waals surface area contributed by atoms with E-state index < -0.39 is 0 Å². The third-order valence-electron chi connectivity index (χ3n) is 4.95. The van der Waals surface area contributed by atoms with Crippen molar-refractivity contribution in [1.29, 1.82) is 0 Å². The van der Waals surface area contributed by atoms with Gasteiger partial charge in [-0.2, -0.15) is 0 Å². The van der Waals surface area contributed by atoms with Gasteiger partial charge in [0.1, 0.15) is 0 Å². The summed E-state index contributed by atoms with van der Waals surface area (Å²) in [5, 5.41) is 6.60. The number of hydrogen-bond donors (Lipinski definition) is 2. The minimum atomic E-state index is -0.0245. The van der Waals surface area contributed by atoms with Crippen molar-refractivity contribution in [2.45, 2.75) is 58.4 Å². The summed E-state index contributed by atoms with van der Waals surface area (Å²) in [4.78, 5) is 16.8. The molecule has 0 unspecified atom stereocenters. The van der Waals surface area contributed by atoms with Crippen molar-refractivity contribution in [2.75, 3.05) is 5.32 Å². The van der Waals surface area contributed by atoms with Gasteiger partial charge in [0.05, 0.1) is 17.4 Å². The Kier molecular flexibility index (Phi) is 5.69. The molecule has 1 fully saturated rings. The van der Waals surface area contributed by atoms with Crippen LogP contribution in [0.1, 0.15) is 60.5 Å². The lowest BCUT2D eigenvalue weighted by molar-refractivity contribution is 0.0927. The maximum absolute atomic E-state index is 12.5. The SMILES string of the molecule is CCc1cccc(C)c1Nc1cncc(C(=O)NC2CCCCC2)c1. The minimum Gasteiger partial charge on any atom is -0.354 e. The predicted octanol–water partition coefficient (Wildman–Crippen LogP) is 4.76. The second-order valence-corrected chi connectivity index (χ2v) is 6.86. The summed E-state index contributed by atoms with van der Waals surface area (Å²) in [5.74, 6) is -0.0245. The Hall–Kier alpha value is -2.36. The van der Waals surface area contributed by atoms with Gasteiger partial charge in [-0.1, -0.05) is 44.4 Å². The van der Waals surface area contributed by atoms with Crippen molar-refractivity contribution in [1.82, 2.24) is 10.3 Å². The molecule has 0 bridgehead atoms. The number of para-hydroxylation sites is 1. The topological polar surface area (TPSA) is 54.0 Å². The Labute approximate surface area is 150 Å². The highest BCUT2D eigenvalue weighted by atomic mass is 16.1. The summed E-state index contributed by atoms with van der Waals surface area (Å²) < 4.78 is 0. The van der Waals surface area contributed by atoms with E-state index in [9.17, 15) is 4.79 Å². The Morgan fingerprint density at radius 2 is 2.00 bits per heavy atom. The van der Waals surface area contributed by atoms with Crippen molar-refractivity contribution in [3.63, 3.8) is 0 Å². The standard InChI is InChI=1S/C21H27N3O/c1-3-16-9-7-8-15(2)20(16)23-19-12-17(13-22-14-19)21(25)24-18-10-5-4-6-11-18/h7-9,12-14,18,23H,3-6,10-11H2,1-2H3,(H,24,25). The van der Waals surface area contributed by atoms with Crippen LogP contribution in [-0.2, 0) is 6.42 Å². The Balaban J connectivity index is 1.74. The fourth-order valence-electron chi connectivity index (χ4n) is 3.49. The van der Waals surface area contributed by atoms with E-state index in [1.54, 1.807) is 12.4 Å². The van der Waals surface area contributed by atoms with Gasteiger partial charge < -0.3 is 10.6 Å². The van der Waals surface area contributed by atoms with Gasteiger partial charge in [0, 0.05) is 17.9 Å². The molecule has 1 saturated carbocycles. The number of benzene rings is 1. The van der Waals surface area contributed by atoms with Crippen LogP contribution in [-0.4, -0.2) is 16.9 Å². The molecule has 1 aromatic carbocycles. The van der Waals surface area contributed by atoms with Crippen LogP contribution in [0.2, 0.25) is 0 Å². The van der Waals surface area contributed by atoms with Gasteiger partial charge in [-0.25, -0.2) is 0 Å². The zero-order chi connectivity index (χ0) is 17.6. The molecule has 1 aliphatic carbocycles. The molecule has 4 nitrogen and oxygen atoms in total. The highest BCUT2D eigenvalue weighted by Crippen LogP contribution is 2.25. The van der Waals surface area contributed by atoms with E-state index in [2.05, 4.69) is 47.7 Å². The van der Waals surface area contributed by atoms with Crippen LogP contribution >= 0.6 is 0 Å². The summed E-state index contributed by atoms with van der Waals surface area (Å²) in [6.07, 6.45) is 10.2. The smallest absolute Gasteiger partial charge is 0.253 e. The van der Waals surface area contributed by atoms with Crippen LogP contribution in [0.5, 0.6) is 0 Å². The minimum absolute atomic E-state index is 0.0245. The fraction of sp³-hybridized carbons (Fsp3) is 0.429. The second kappa shape index (κ2) is 8.15. The van der Waals surface area contributed by atoms with Crippen LogP contribution in [0.15, 0.2) is 36.7 Å². The van der Waals surface area contributed by atoms with Crippen LogP contribution in [0.25, 0.3) is 0 Å². The number of nitrogens with one attached hydrogen (secondary N) is 2. The molecule has 0 saturated heterocycles. The Morgan fingerprint density at radius 1 is 1.20 bits per heavy atom. The van der Waals surface area contributed by atoms with E-state index in [1.807, 2.05) is 6.07 Å². The molecule has 1 aromatic heterocycles. The summed E-state index contributed by atoms with van der Waals surface area (Å²) in [5.41, 5.74) is 5.02. The lowest BCUT2D eigenvalue weighted by Gasteiger charge is -2.22. The van der Waals surface area contributed by atoms with Gasteiger partial charge in [-0.05, 0) is 43.4 Å². The number of amides is 1. The first kappa shape index (κ1) is 17.5. The first-order valence-corrected chi connectivity index (χ1v) is 9.29. The highest BCUT2D eigenvalue weighted by molar-refractivity contribution is 5.95. The van der Waals surface area contributed by atoms with Crippen LogP contribution in [0.4, 0.5) is 11.4 Å². The Bertz CT molecular complexity index is 736. The molecule has 2 aromatic rings. The maximum atomic E-state index is 12.5. The van der Waals surface area contributed by atoms with E-state index in [1.165, 1.54) is 30.4 Å². The largest absolute Gasteiger partial charge is 0.354 e. The molecule has 1 heterocycles. The van der Waals surface area contributed by atoms with E-state index >= 15 is 0 Å². The average molecular weight is 337 g/mol. The summed E-state index contributed by atoms with van der Waals surface area (Å²) in [6.45, 7) is 4.24. The second-order valence-electron chi connectivity index (χ2n) is 6.86. The van der Waals surface area contributed by atoms with Gasteiger partial charge in [0.25, 0.3) is 5.91 Å². The molecule has 3 rings (SSSR count). The lowest BCUT2D eigenvalue weighted by Crippen LogP contribution is -2.36. The van der Waals surface area contributed by atoms with E-state index in [0.717, 1.165) is 30.6 Å². The first-order valence-electron chi connectivity index (χ1n) is 9.29. The molecule has 0 aliphatic heterocycles. The van der Waals surface area contributed by atoms with Crippen molar-refractivity contribution in [3.05, 3.63) is 53.3 Å². The molecule has 0 spiro atoms. The monoisotopic (exact) mass is 337 g/mol.